The van der Waals surface area contributed by atoms with Crippen molar-refractivity contribution in [2.45, 2.75) is 45.3 Å². The molecule has 0 fully saturated rings. The van der Waals surface area contributed by atoms with Crippen molar-refractivity contribution in [3.8, 4) is 0 Å². The van der Waals surface area contributed by atoms with E-state index in [1.165, 1.54) is 12.1 Å². The van der Waals surface area contributed by atoms with Gasteiger partial charge >= 0.3 is 6.18 Å². The molecule has 0 amide bonds. The van der Waals surface area contributed by atoms with Crippen LogP contribution < -0.4 is 5.32 Å². The van der Waals surface area contributed by atoms with E-state index < -0.39 is 12.2 Å². The number of unbranched alkanes of at least 4 members (excludes halogenated alkanes) is 1. The first kappa shape index (κ1) is 16.0. The molecule has 1 unspecified atom stereocenters. The molecule has 0 bridgehead atoms. The Labute approximate surface area is 113 Å². The molecular weight excluding hydrogens is 251 g/mol. The number of benzene rings is 1. The average molecular weight is 273 g/mol. The lowest BCUT2D eigenvalue weighted by Crippen LogP contribution is -2.34. The number of alkyl halides is 3. The quantitative estimate of drug-likeness (QED) is 0.710. The summed E-state index contributed by atoms with van der Waals surface area (Å²) in [6.07, 6.45) is -1.45. The van der Waals surface area contributed by atoms with Crippen molar-refractivity contribution in [2.75, 3.05) is 6.54 Å². The van der Waals surface area contributed by atoms with E-state index in [9.17, 15) is 13.2 Å². The molecule has 1 nitrogen and oxygen atoms in total. The van der Waals surface area contributed by atoms with Crippen molar-refractivity contribution in [3.05, 3.63) is 35.9 Å². The van der Waals surface area contributed by atoms with Crippen LogP contribution in [0.4, 0.5) is 13.2 Å². The number of halogens is 3. The zero-order chi connectivity index (χ0) is 14.3. The molecule has 0 aliphatic rings. The summed E-state index contributed by atoms with van der Waals surface area (Å²) in [6.45, 7) is 4.64. The standard InChI is InChI=1S/C15H22F3N/c1-12(2)8-6-7-11-19-14(15(16,17)18)13-9-4-3-5-10-13/h3-5,9-10,12,14,19H,6-8,11H2,1-2H3. The highest BCUT2D eigenvalue weighted by Crippen LogP contribution is 2.32. The Hall–Kier alpha value is -1.03. The third-order valence-corrected chi connectivity index (χ3v) is 3.02. The number of hydrogen-bond acceptors (Lipinski definition) is 1. The van der Waals surface area contributed by atoms with Crippen LogP contribution >= 0.6 is 0 Å². The van der Waals surface area contributed by atoms with E-state index in [2.05, 4.69) is 19.2 Å². The van der Waals surface area contributed by atoms with Crippen molar-refractivity contribution in [2.24, 2.45) is 5.92 Å². The molecule has 0 saturated carbocycles. The van der Waals surface area contributed by atoms with Crippen molar-refractivity contribution in [1.29, 1.82) is 0 Å². The van der Waals surface area contributed by atoms with Gasteiger partial charge in [-0.25, -0.2) is 0 Å². The lowest BCUT2D eigenvalue weighted by molar-refractivity contribution is -0.157. The van der Waals surface area contributed by atoms with Crippen molar-refractivity contribution in [1.82, 2.24) is 5.32 Å². The maximum absolute atomic E-state index is 13.0. The summed E-state index contributed by atoms with van der Waals surface area (Å²) in [5.74, 6) is 0.604. The molecule has 0 aliphatic heterocycles. The van der Waals surface area contributed by atoms with Gasteiger partial charge in [0.15, 0.2) is 0 Å². The second kappa shape index (κ2) is 7.53. The van der Waals surface area contributed by atoms with E-state index in [1.54, 1.807) is 18.2 Å². The fraction of sp³-hybridized carbons (Fsp3) is 0.600. The van der Waals surface area contributed by atoms with Gasteiger partial charge in [-0.3, -0.25) is 0 Å². The molecule has 108 valence electrons. The maximum atomic E-state index is 13.0. The highest BCUT2D eigenvalue weighted by molar-refractivity contribution is 5.20. The van der Waals surface area contributed by atoms with Crippen LogP contribution in [0.3, 0.4) is 0 Å². The van der Waals surface area contributed by atoms with Crippen LogP contribution in [-0.4, -0.2) is 12.7 Å². The highest BCUT2D eigenvalue weighted by Gasteiger charge is 2.40. The largest absolute Gasteiger partial charge is 0.407 e. The number of nitrogens with one attached hydrogen (secondary N) is 1. The molecule has 0 saturated heterocycles. The minimum atomic E-state index is -4.25. The summed E-state index contributed by atoms with van der Waals surface area (Å²) in [5.41, 5.74) is 0.277. The van der Waals surface area contributed by atoms with Gasteiger partial charge < -0.3 is 5.32 Å². The fourth-order valence-corrected chi connectivity index (χ4v) is 1.99. The maximum Gasteiger partial charge on any atom is 0.407 e. The summed E-state index contributed by atoms with van der Waals surface area (Å²) < 4.78 is 38.9. The smallest absolute Gasteiger partial charge is 0.302 e. The second-order valence-electron chi connectivity index (χ2n) is 5.23. The Kier molecular flexibility index (Phi) is 6.35. The Morgan fingerprint density at radius 1 is 1.05 bits per heavy atom. The normalized spacial score (nSPS) is 13.8. The van der Waals surface area contributed by atoms with Gasteiger partial charge in [-0.2, -0.15) is 13.2 Å². The van der Waals surface area contributed by atoms with Crippen molar-refractivity contribution >= 4 is 0 Å². The fourth-order valence-electron chi connectivity index (χ4n) is 1.99. The monoisotopic (exact) mass is 273 g/mol. The number of rotatable bonds is 7. The van der Waals surface area contributed by atoms with E-state index >= 15 is 0 Å². The van der Waals surface area contributed by atoms with Gasteiger partial charge in [0.05, 0.1) is 0 Å². The van der Waals surface area contributed by atoms with Crippen LogP contribution in [0.15, 0.2) is 30.3 Å². The molecule has 0 spiro atoms. The Morgan fingerprint density at radius 3 is 2.21 bits per heavy atom. The molecule has 1 aromatic carbocycles. The summed E-state index contributed by atoms with van der Waals surface area (Å²) in [7, 11) is 0. The molecule has 4 heteroatoms. The molecule has 0 aliphatic carbocycles. The van der Waals surface area contributed by atoms with Crippen LogP contribution in [-0.2, 0) is 0 Å². The predicted molar refractivity (Wildman–Crippen MR) is 71.9 cm³/mol. The summed E-state index contributed by atoms with van der Waals surface area (Å²) in [5, 5.41) is 2.62. The second-order valence-corrected chi connectivity index (χ2v) is 5.23. The molecular formula is C15H22F3N. The third kappa shape index (κ3) is 6.10. The molecule has 19 heavy (non-hydrogen) atoms. The van der Waals surface area contributed by atoms with Crippen LogP contribution in [0.5, 0.6) is 0 Å². The van der Waals surface area contributed by atoms with E-state index in [1.807, 2.05) is 0 Å². The third-order valence-electron chi connectivity index (χ3n) is 3.02. The molecule has 1 aromatic rings. The molecule has 1 atom stereocenters. The summed E-state index contributed by atoms with van der Waals surface area (Å²) in [4.78, 5) is 0. The topological polar surface area (TPSA) is 12.0 Å². The van der Waals surface area contributed by atoms with Crippen LogP contribution in [0.1, 0.15) is 44.7 Å². The van der Waals surface area contributed by atoms with Gasteiger partial charge in [-0.1, -0.05) is 57.0 Å². The van der Waals surface area contributed by atoms with E-state index in [0.717, 1.165) is 19.3 Å². The van der Waals surface area contributed by atoms with Crippen LogP contribution in [0.25, 0.3) is 0 Å². The van der Waals surface area contributed by atoms with E-state index in [4.69, 9.17) is 0 Å². The Bertz CT molecular complexity index is 346. The van der Waals surface area contributed by atoms with Gasteiger partial charge in [-0.15, -0.1) is 0 Å². The first-order chi connectivity index (χ1) is 8.91. The van der Waals surface area contributed by atoms with Gasteiger partial charge in [-0.05, 0) is 24.4 Å². The molecule has 1 N–H and O–H groups in total. The minimum Gasteiger partial charge on any atom is -0.302 e. The Morgan fingerprint density at radius 2 is 1.68 bits per heavy atom. The molecule has 0 radical (unpaired) electrons. The predicted octanol–water partition coefficient (Wildman–Crippen LogP) is 4.71. The van der Waals surface area contributed by atoms with E-state index in [0.29, 0.717) is 12.5 Å². The zero-order valence-corrected chi connectivity index (χ0v) is 11.5. The average Bonchev–Trinajstić information content (AvgIpc) is 2.32. The lowest BCUT2D eigenvalue weighted by atomic mass is 10.0. The SMILES string of the molecule is CC(C)CCCCNC(c1ccccc1)C(F)(F)F. The van der Waals surface area contributed by atoms with Gasteiger partial charge in [0.25, 0.3) is 0 Å². The van der Waals surface area contributed by atoms with Gasteiger partial charge in [0.2, 0.25) is 0 Å². The highest BCUT2D eigenvalue weighted by atomic mass is 19.4. The molecule has 0 heterocycles. The van der Waals surface area contributed by atoms with Crippen LogP contribution in [0.2, 0.25) is 0 Å². The van der Waals surface area contributed by atoms with Crippen LogP contribution in [0, 0.1) is 5.92 Å². The summed E-state index contributed by atoms with van der Waals surface area (Å²) in [6, 6.07) is 6.45. The number of hydrogen-bond donors (Lipinski definition) is 1. The zero-order valence-electron chi connectivity index (χ0n) is 11.5. The van der Waals surface area contributed by atoms with Gasteiger partial charge in [0.1, 0.15) is 6.04 Å². The van der Waals surface area contributed by atoms with Crippen molar-refractivity contribution in [3.63, 3.8) is 0 Å². The van der Waals surface area contributed by atoms with Crippen molar-refractivity contribution < 1.29 is 13.2 Å². The first-order valence-corrected chi connectivity index (χ1v) is 6.76. The Balaban J connectivity index is 2.49. The lowest BCUT2D eigenvalue weighted by Gasteiger charge is -2.22. The van der Waals surface area contributed by atoms with E-state index in [-0.39, 0.29) is 5.56 Å². The van der Waals surface area contributed by atoms with Gasteiger partial charge in [0, 0.05) is 0 Å². The minimum absolute atomic E-state index is 0.277. The molecule has 0 aromatic heterocycles. The summed E-state index contributed by atoms with van der Waals surface area (Å²) >= 11 is 0. The molecule has 1 rings (SSSR count). The first-order valence-electron chi connectivity index (χ1n) is 6.76.